The summed E-state index contributed by atoms with van der Waals surface area (Å²) in [5, 5.41) is 0. The topological polar surface area (TPSA) is 16.1 Å². The molecule has 36 heavy (non-hydrogen) atoms. The Morgan fingerprint density at radius 2 is 1.39 bits per heavy atom. The van der Waals surface area contributed by atoms with Crippen molar-refractivity contribution in [3.63, 3.8) is 0 Å². The molecule has 1 saturated heterocycles. The normalized spacial score (nSPS) is 20.8. The van der Waals surface area contributed by atoms with E-state index in [1.54, 1.807) is 0 Å². The number of fused-ring (bicyclic) bond motifs is 1. The van der Waals surface area contributed by atoms with Crippen molar-refractivity contribution in [1.29, 1.82) is 0 Å². The number of aromatic nitrogens is 1. The van der Waals surface area contributed by atoms with Gasteiger partial charge >= 0.3 is 12.4 Å². The number of alkyl halides is 6. The zero-order valence-electron chi connectivity index (χ0n) is 19.8. The lowest BCUT2D eigenvalue weighted by Crippen LogP contribution is -2.51. The van der Waals surface area contributed by atoms with Crippen LogP contribution in [0.3, 0.4) is 0 Å². The number of rotatable bonds is 4. The van der Waals surface area contributed by atoms with Crippen LogP contribution in [0.4, 0.5) is 26.3 Å². The molecule has 2 nitrogen and oxygen atoms in total. The van der Waals surface area contributed by atoms with Crippen LogP contribution in [-0.4, -0.2) is 35.3 Å². The fourth-order valence-corrected chi connectivity index (χ4v) is 5.65. The lowest BCUT2D eigenvalue weighted by molar-refractivity contribution is -0.297. The van der Waals surface area contributed by atoms with Crippen molar-refractivity contribution in [2.75, 3.05) is 13.1 Å². The number of likely N-dealkylation sites (tertiary alicyclic amines) is 1. The lowest BCUT2D eigenvalue weighted by atomic mass is 9.80. The van der Waals surface area contributed by atoms with E-state index in [2.05, 4.69) is 16.0 Å². The maximum atomic E-state index is 13.4. The van der Waals surface area contributed by atoms with E-state index in [-0.39, 0.29) is 12.3 Å². The Bertz CT molecular complexity index is 1190. The van der Waals surface area contributed by atoms with E-state index in [4.69, 9.17) is 0 Å². The number of hydrogen-bond donors (Lipinski definition) is 0. The molecular weight excluding hydrogens is 478 g/mol. The number of pyridine rings is 1. The van der Waals surface area contributed by atoms with Crippen LogP contribution in [0.1, 0.15) is 35.6 Å². The molecule has 0 radical (unpaired) electrons. The van der Waals surface area contributed by atoms with Gasteiger partial charge in [0.05, 0.1) is 0 Å². The highest BCUT2D eigenvalue weighted by molar-refractivity contribution is 5.64. The molecule has 2 aliphatic rings. The molecule has 1 spiro atoms. The van der Waals surface area contributed by atoms with Crippen LogP contribution in [-0.2, 0) is 24.8 Å². The minimum atomic E-state index is -5.46. The molecule has 1 aromatic heterocycles. The largest absolute Gasteiger partial charge is 0.406 e. The molecule has 1 aliphatic heterocycles. The third-order valence-corrected chi connectivity index (χ3v) is 7.94. The van der Waals surface area contributed by atoms with Crippen molar-refractivity contribution in [3.8, 4) is 11.1 Å². The van der Waals surface area contributed by atoms with Crippen LogP contribution < -0.4 is 0 Å². The zero-order chi connectivity index (χ0) is 25.8. The summed E-state index contributed by atoms with van der Waals surface area (Å²) in [5.74, 6) is 0. The van der Waals surface area contributed by atoms with Crippen molar-refractivity contribution >= 4 is 0 Å². The second-order valence-electron chi connectivity index (χ2n) is 10.4. The average molecular weight is 505 g/mol. The van der Waals surface area contributed by atoms with Crippen LogP contribution in [0.25, 0.3) is 11.1 Å². The quantitative estimate of drug-likeness (QED) is 0.352. The summed E-state index contributed by atoms with van der Waals surface area (Å²) in [6.45, 7) is 3.01. The van der Waals surface area contributed by atoms with E-state index >= 15 is 0 Å². The SMILES string of the molecule is CC(c1ccc(-c2ccc(CN3CCC4(Cc5ccncc5C4)C3)cc2)cc1)(C(F)(F)F)C(F)(F)F. The highest BCUT2D eigenvalue weighted by Gasteiger charge is 2.68. The molecule has 1 aliphatic carbocycles. The molecule has 0 saturated carbocycles. The maximum Gasteiger partial charge on any atom is 0.406 e. The van der Waals surface area contributed by atoms with Crippen LogP contribution in [0.5, 0.6) is 0 Å². The third-order valence-electron chi connectivity index (χ3n) is 7.94. The minimum Gasteiger partial charge on any atom is -0.298 e. The summed E-state index contributed by atoms with van der Waals surface area (Å²) < 4.78 is 80.2. The monoisotopic (exact) mass is 504 g/mol. The van der Waals surface area contributed by atoms with Gasteiger partial charge in [0, 0.05) is 25.5 Å². The van der Waals surface area contributed by atoms with E-state index in [0.717, 1.165) is 62.2 Å². The smallest absolute Gasteiger partial charge is 0.298 e. The molecule has 0 N–H and O–H groups in total. The van der Waals surface area contributed by atoms with Crippen molar-refractivity contribution in [2.45, 2.75) is 50.5 Å². The van der Waals surface area contributed by atoms with Gasteiger partial charge in [-0.3, -0.25) is 9.88 Å². The summed E-state index contributed by atoms with van der Waals surface area (Å²) in [7, 11) is 0. The fraction of sp³-hybridized carbons (Fsp3) is 0.393. The van der Waals surface area contributed by atoms with Crippen LogP contribution in [0.2, 0.25) is 0 Å². The van der Waals surface area contributed by atoms with Crippen molar-refractivity contribution < 1.29 is 26.3 Å². The standard InChI is InChI=1S/C28H26F6N2/c1-25(27(29,30)31,28(32,33)34)24-8-6-21(7-9-24)20-4-2-19(3-5-20)17-36-13-11-26(18-36)14-22-10-12-35-16-23(22)15-26/h2-10,12,16H,11,13-15,17-18H2,1H3. The van der Waals surface area contributed by atoms with Crippen molar-refractivity contribution in [1.82, 2.24) is 9.88 Å². The van der Waals surface area contributed by atoms with E-state index in [1.807, 2.05) is 36.7 Å². The molecule has 1 fully saturated rings. The van der Waals surface area contributed by atoms with Gasteiger partial charge in [-0.2, -0.15) is 26.3 Å². The molecule has 2 heterocycles. The van der Waals surface area contributed by atoms with E-state index in [9.17, 15) is 26.3 Å². The van der Waals surface area contributed by atoms with Gasteiger partial charge in [0.25, 0.3) is 0 Å². The van der Waals surface area contributed by atoms with Gasteiger partial charge in [0.15, 0.2) is 5.41 Å². The molecule has 2 aromatic carbocycles. The van der Waals surface area contributed by atoms with Gasteiger partial charge in [-0.25, -0.2) is 0 Å². The Balaban J connectivity index is 1.26. The first-order valence-corrected chi connectivity index (χ1v) is 11.9. The zero-order valence-corrected chi connectivity index (χ0v) is 19.8. The fourth-order valence-electron chi connectivity index (χ4n) is 5.65. The predicted molar refractivity (Wildman–Crippen MR) is 125 cm³/mol. The number of benzene rings is 2. The second-order valence-corrected chi connectivity index (χ2v) is 10.4. The van der Waals surface area contributed by atoms with Crippen LogP contribution >= 0.6 is 0 Å². The minimum absolute atomic E-state index is 0.181. The Morgan fingerprint density at radius 3 is 1.97 bits per heavy atom. The van der Waals surface area contributed by atoms with Gasteiger partial charge in [-0.1, -0.05) is 48.5 Å². The summed E-state index contributed by atoms with van der Waals surface area (Å²) >= 11 is 0. The molecule has 1 unspecified atom stereocenters. The summed E-state index contributed by atoms with van der Waals surface area (Å²) in [6.07, 6.45) is -3.81. The Morgan fingerprint density at radius 1 is 0.806 bits per heavy atom. The second kappa shape index (κ2) is 8.61. The molecule has 5 rings (SSSR count). The van der Waals surface area contributed by atoms with E-state index in [0.29, 0.717) is 5.56 Å². The number of nitrogens with zero attached hydrogens (tertiary/aromatic N) is 2. The molecule has 1 atom stereocenters. The Kier molecular flexibility index (Phi) is 5.93. The highest BCUT2D eigenvalue weighted by Crippen LogP contribution is 2.52. The van der Waals surface area contributed by atoms with E-state index < -0.39 is 23.3 Å². The van der Waals surface area contributed by atoms with Gasteiger partial charge in [0.2, 0.25) is 0 Å². The number of hydrogen-bond acceptors (Lipinski definition) is 2. The summed E-state index contributed by atoms with van der Waals surface area (Å²) in [5.41, 5.74) is 0.689. The van der Waals surface area contributed by atoms with Gasteiger partial charge in [0.1, 0.15) is 0 Å². The Hall–Kier alpha value is -2.87. The third kappa shape index (κ3) is 4.29. The number of halogens is 6. The van der Waals surface area contributed by atoms with Crippen molar-refractivity contribution in [2.24, 2.45) is 5.41 Å². The first-order chi connectivity index (χ1) is 16.9. The molecule has 0 bridgehead atoms. The molecule has 8 heteroatoms. The van der Waals surface area contributed by atoms with Crippen LogP contribution in [0.15, 0.2) is 67.0 Å². The first kappa shape index (κ1) is 24.8. The summed E-state index contributed by atoms with van der Waals surface area (Å²) in [4.78, 5) is 6.70. The first-order valence-electron chi connectivity index (χ1n) is 11.9. The van der Waals surface area contributed by atoms with Gasteiger partial charge in [-0.15, -0.1) is 0 Å². The van der Waals surface area contributed by atoms with E-state index in [1.165, 1.54) is 23.3 Å². The lowest BCUT2D eigenvalue weighted by Gasteiger charge is -2.34. The molecule has 190 valence electrons. The maximum absolute atomic E-state index is 13.4. The van der Waals surface area contributed by atoms with Crippen LogP contribution in [0, 0.1) is 5.41 Å². The molecule has 3 aromatic rings. The molecular formula is C28H26F6N2. The van der Waals surface area contributed by atoms with Crippen molar-refractivity contribution in [3.05, 3.63) is 89.2 Å². The predicted octanol–water partition coefficient (Wildman–Crippen LogP) is 7.12. The molecule has 0 amide bonds. The van der Waals surface area contributed by atoms with Gasteiger partial charge in [-0.05, 0) is 77.6 Å². The highest BCUT2D eigenvalue weighted by atomic mass is 19.4. The summed E-state index contributed by atoms with van der Waals surface area (Å²) in [6, 6.07) is 14.2. The van der Waals surface area contributed by atoms with Gasteiger partial charge < -0.3 is 0 Å². The Labute approximate surface area is 206 Å². The average Bonchev–Trinajstić information content (AvgIpc) is 3.39.